The summed E-state index contributed by atoms with van der Waals surface area (Å²) < 4.78 is 23.6. The van der Waals surface area contributed by atoms with Crippen LogP contribution in [-0.2, 0) is 13.8 Å². The van der Waals surface area contributed by atoms with Crippen LogP contribution >= 0.6 is 15.2 Å². The van der Waals surface area contributed by atoms with Crippen molar-refractivity contribution in [2.45, 2.75) is 0 Å². The smallest absolute Gasteiger partial charge is 0.321 e. The van der Waals surface area contributed by atoms with Crippen LogP contribution in [0.4, 0.5) is 0 Å². The predicted octanol–water partition coefficient (Wildman–Crippen LogP) is 0.310. The summed E-state index contributed by atoms with van der Waals surface area (Å²) in [6.07, 6.45) is 0. The molecule has 4 N–H and O–H groups in total. The van der Waals surface area contributed by atoms with Crippen LogP contribution < -0.4 is 0 Å². The first-order valence-corrected chi connectivity index (χ1v) is 5.32. The van der Waals surface area contributed by atoms with E-state index in [1.54, 1.807) is 0 Å². The third-order valence-electron chi connectivity index (χ3n) is 0.773. The molecule has 9 heteroatoms. The summed E-state index contributed by atoms with van der Waals surface area (Å²) in [5.74, 6) is 0. The van der Waals surface area contributed by atoms with Crippen molar-refractivity contribution in [1.82, 2.24) is 0 Å². The van der Waals surface area contributed by atoms with Crippen molar-refractivity contribution >= 4 is 15.2 Å². The molecule has 0 heterocycles. The van der Waals surface area contributed by atoms with Gasteiger partial charge in [0.25, 0.3) is 0 Å². The van der Waals surface area contributed by atoms with Gasteiger partial charge in [0.05, 0.1) is 0 Å². The molecule has 0 fully saturated rings. The van der Waals surface area contributed by atoms with E-state index in [0.717, 1.165) is 0 Å². The van der Waals surface area contributed by atoms with Crippen LogP contribution in [0.5, 0.6) is 0 Å². The average molecular weight is 204 g/mol. The molecule has 7 nitrogen and oxygen atoms in total. The highest BCUT2D eigenvalue weighted by Gasteiger charge is 2.37. The van der Waals surface area contributed by atoms with E-state index in [4.69, 9.17) is 19.9 Å². The zero-order valence-corrected chi connectivity index (χ0v) is 6.90. The predicted molar refractivity (Wildman–Crippen MR) is 34.7 cm³/mol. The summed E-state index contributed by atoms with van der Waals surface area (Å²) in [6.45, 7) is 2.61. The minimum atomic E-state index is -4.89. The van der Waals surface area contributed by atoms with E-state index in [1.807, 2.05) is 0 Å². The molecule has 0 amide bonds. The minimum absolute atomic E-state index is 1.34. The van der Waals surface area contributed by atoms with Gasteiger partial charge in [-0.15, -0.1) is 4.67 Å². The van der Waals surface area contributed by atoms with E-state index < -0.39 is 20.2 Å². The molecule has 0 spiro atoms. The first-order valence-electron chi connectivity index (χ1n) is 2.13. The van der Waals surface area contributed by atoms with Crippen LogP contribution in [0.1, 0.15) is 0 Å². The van der Waals surface area contributed by atoms with Crippen LogP contribution in [0.3, 0.4) is 0 Å². The van der Waals surface area contributed by atoms with Gasteiger partial charge in [0.1, 0.15) is 5.06 Å². The van der Waals surface area contributed by atoms with Crippen molar-refractivity contribution in [3.8, 4) is 0 Å². The molecule has 0 bridgehead atoms. The van der Waals surface area contributed by atoms with Gasteiger partial charge in [-0.2, -0.15) is 0 Å². The SMILES string of the molecule is C=C(P(=O)(O)O)P(=O)(O)OO. The Morgan fingerprint density at radius 3 is 1.73 bits per heavy atom. The third-order valence-corrected chi connectivity index (χ3v) is 3.86. The monoisotopic (exact) mass is 204 g/mol. The van der Waals surface area contributed by atoms with E-state index in [9.17, 15) is 9.13 Å². The summed E-state index contributed by atoms with van der Waals surface area (Å²) in [7, 11) is -9.68. The van der Waals surface area contributed by atoms with Gasteiger partial charge in [-0.05, 0) is 0 Å². The van der Waals surface area contributed by atoms with Gasteiger partial charge in [0.15, 0.2) is 0 Å². The van der Waals surface area contributed by atoms with Crippen molar-refractivity contribution in [3.05, 3.63) is 11.6 Å². The first kappa shape index (κ1) is 11.0. The Labute approximate surface area is 61.6 Å². The lowest BCUT2D eigenvalue weighted by atomic mass is 11.2. The molecule has 0 aromatic carbocycles. The molecule has 0 saturated carbocycles. The summed E-state index contributed by atoms with van der Waals surface area (Å²) in [4.78, 5) is 24.9. The minimum Gasteiger partial charge on any atom is -0.321 e. The van der Waals surface area contributed by atoms with Crippen molar-refractivity contribution in [2.75, 3.05) is 0 Å². The molecule has 1 atom stereocenters. The molecular weight excluding hydrogens is 198 g/mol. The van der Waals surface area contributed by atoms with E-state index in [2.05, 4.69) is 11.3 Å². The molecule has 11 heavy (non-hydrogen) atoms. The summed E-state index contributed by atoms with van der Waals surface area (Å²) >= 11 is 0. The fourth-order valence-electron chi connectivity index (χ4n) is 0.212. The molecule has 0 aromatic rings. The van der Waals surface area contributed by atoms with E-state index in [-0.39, 0.29) is 0 Å². The zero-order chi connectivity index (χ0) is 9.28. The van der Waals surface area contributed by atoms with Gasteiger partial charge >= 0.3 is 15.2 Å². The molecule has 0 aliphatic rings. The van der Waals surface area contributed by atoms with Crippen molar-refractivity contribution in [2.24, 2.45) is 0 Å². The lowest BCUT2D eigenvalue weighted by molar-refractivity contribution is -0.143. The lowest BCUT2D eigenvalue weighted by Gasteiger charge is -2.10. The Kier molecular flexibility index (Phi) is 3.16. The maximum atomic E-state index is 10.4. The van der Waals surface area contributed by atoms with Crippen LogP contribution in [0.2, 0.25) is 0 Å². The Hall–Kier alpha value is -0.0000000000000000694. The molecule has 0 saturated heterocycles. The molecular formula is C2H6O7P2. The van der Waals surface area contributed by atoms with E-state index in [0.29, 0.717) is 0 Å². The second kappa shape index (κ2) is 3.16. The van der Waals surface area contributed by atoms with Crippen molar-refractivity contribution in [1.29, 1.82) is 0 Å². The molecule has 0 rings (SSSR count). The highest BCUT2D eigenvalue weighted by molar-refractivity contribution is 7.77. The summed E-state index contributed by atoms with van der Waals surface area (Å²) in [6, 6.07) is 0. The molecule has 0 radical (unpaired) electrons. The average Bonchev–Trinajstić information content (AvgIpc) is 1.84. The van der Waals surface area contributed by atoms with Crippen LogP contribution in [0.15, 0.2) is 11.6 Å². The Morgan fingerprint density at radius 1 is 1.27 bits per heavy atom. The Bertz CT molecular complexity index is 249. The van der Waals surface area contributed by atoms with E-state index in [1.165, 1.54) is 0 Å². The Morgan fingerprint density at radius 2 is 1.64 bits per heavy atom. The highest BCUT2D eigenvalue weighted by atomic mass is 31.2. The maximum absolute atomic E-state index is 10.4. The van der Waals surface area contributed by atoms with Crippen LogP contribution in [0.25, 0.3) is 0 Å². The van der Waals surface area contributed by atoms with Crippen LogP contribution in [-0.4, -0.2) is 19.9 Å². The van der Waals surface area contributed by atoms with Gasteiger partial charge in [0.2, 0.25) is 0 Å². The van der Waals surface area contributed by atoms with Crippen molar-refractivity contribution < 1.29 is 33.7 Å². The maximum Gasteiger partial charge on any atom is 0.392 e. The quantitative estimate of drug-likeness (QED) is 0.296. The standard InChI is InChI=1S/C2H6O7P2/c1-2(10(4,5)6)11(7,8)9-3/h3H,1H2,(H,7,8)(H2,4,5,6). The topological polar surface area (TPSA) is 124 Å². The molecule has 0 aliphatic heterocycles. The van der Waals surface area contributed by atoms with Gasteiger partial charge in [-0.1, -0.05) is 6.58 Å². The number of rotatable bonds is 3. The largest absolute Gasteiger partial charge is 0.392 e. The molecule has 66 valence electrons. The fourth-order valence-corrected chi connectivity index (χ4v) is 1.73. The van der Waals surface area contributed by atoms with Crippen molar-refractivity contribution in [3.63, 3.8) is 0 Å². The van der Waals surface area contributed by atoms with Gasteiger partial charge in [-0.3, -0.25) is 9.13 Å². The van der Waals surface area contributed by atoms with E-state index >= 15 is 0 Å². The summed E-state index contributed by atoms with van der Waals surface area (Å²) in [5.41, 5.74) is 0. The zero-order valence-electron chi connectivity index (χ0n) is 5.12. The molecule has 0 aliphatic carbocycles. The highest BCUT2D eigenvalue weighted by Crippen LogP contribution is 2.65. The first-order chi connectivity index (χ1) is 4.72. The number of hydrogen-bond acceptors (Lipinski definition) is 4. The second-order valence-electron chi connectivity index (χ2n) is 1.56. The Balaban J connectivity index is 4.80. The van der Waals surface area contributed by atoms with Gasteiger partial charge in [-0.25, -0.2) is 5.26 Å². The van der Waals surface area contributed by atoms with Crippen LogP contribution in [0, 0.1) is 0 Å². The van der Waals surface area contributed by atoms with Gasteiger partial charge < -0.3 is 14.7 Å². The molecule has 0 aromatic heterocycles. The number of hydrogen-bond donors (Lipinski definition) is 4. The molecule has 1 unspecified atom stereocenters. The second-order valence-corrected chi connectivity index (χ2v) is 5.29. The lowest BCUT2D eigenvalue weighted by Crippen LogP contribution is -1.89. The third kappa shape index (κ3) is 2.84. The normalized spacial score (nSPS) is 17.5. The van der Waals surface area contributed by atoms with Gasteiger partial charge in [0, 0.05) is 0 Å². The fraction of sp³-hybridized carbons (Fsp3) is 0. The summed E-state index contributed by atoms with van der Waals surface area (Å²) in [5, 5.41) is 6.37.